The van der Waals surface area contributed by atoms with Gasteiger partial charge in [0.25, 0.3) is 0 Å². The second-order valence-electron chi connectivity index (χ2n) is 4.95. The summed E-state index contributed by atoms with van der Waals surface area (Å²) < 4.78 is 5.14. The standard InChI is InChI=1S/C14H18ClNO3/c1-14(2,3)19-13(18)16-12-7-6-10(5-4-8-17)9-11(12)15/h4-7,9,17H,8H2,1-3H3,(H,16,18)/b5-4+. The van der Waals surface area contributed by atoms with Crippen LogP contribution in [0.5, 0.6) is 0 Å². The van der Waals surface area contributed by atoms with Gasteiger partial charge in [-0.25, -0.2) is 4.79 Å². The number of carbonyl (C=O) groups excluding carboxylic acids is 1. The van der Waals surface area contributed by atoms with Gasteiger partial charge in [0, 0.05) is 0 Å². The lowest BCUT2D eigenvalue weighted by Crippen LogP contribution is -2.27. The van der Waals surface area contributed by atoms with E-state index in [1.165, 1.54) is 0 Å². The quantitative estimate of drug-likeness (QED) is 0.889. The lowest BCUT2D eigenvalue weighted by atomic mass is 10.2. The molecule has 0 saturated heterocycles. The molecule has 0 aliphatic heterocycles. The fourth-order valence-electron chi connectivity index (χ4n) is 1.34. The minimum absolute atomic E-state index is 0.0322. The van der Waals surface area contributed by atoms with Gasteiger partial charge in [0.05, 0.1) is 17.3 Å². The Morgan fingerprint density at radius 2 is 2.16 bits per heavy atom. The molecule has 1 amide bonds. The van der Waals surface area contributed by atoms with E-state index in [-0.39, 0.29) is 6.61 Å². The molecule has 5 heteroatoms. The van der Waals surface area contributed by atoms with Gasteiger partial charge >= 0.3 is 6.09 Å². The number of amides is 1. The summed E-state index contributed by atoms with van der Waals surface area (Å²) in [5, 5.41) is 11.7. The molecule has 0 bridgehead atoms. The van der Waals surface area contributed by atoms with Gasteiger partial charge in [0.15, 0.2) is 0 Å². The van der Waals surface area contributed by atoms with Crippen LogP contribution in [0.15, 0.2) is 24.3 Å². The summed E-state index contributed by atoms with van der Waals surface area (Å²) in [6.45, 7) is 5.33. The number of hydrogen-bond acceptors (Lipinski definition) is 3. The van der Waals surface area contributed by atoms with Crippen LogP contribution in [0.2, 0.25) is 5.02 Å². The summed E-state index contributed by atoms with van der Waals surface area (Å²) in [4.78, 5) is 11.6. The van der Waals surface area contributed by atoms with E-state index in [1.54, 1.807) is 51.1 Å². The molecule has 0 saturated carbocycles. The van der Waals surface area contributed by atoms with E-state index in [4.69, 9.17) is 21.4 Å². The van der Waals surface area contributed by atoms with Crippen LogP contribution in [0, 0.1) is 0 Å². The van der Waals surface area contributed by atoms with E-state index >= 15 is 0 Å². The number of ether oxygens (including phenoxy) is 1. The zero-order valence-corrected chi connectivity index (χ0v) is 12.0. The van der Waals surface area contributed by atoms with Gasteiger partial charge in [0.1, 0.15) is 5.60 Å². The Bertz CT molecular complexity index is 478. The highest BCUT2D eigenvalue weighted by Crippen LogP contribution is 2.24. The highest BCUT2D eigenvalue weighted by Gasteiger charge is 2.16. The number of hydrogen-bond donors (Lipinski definition) is 2. The van der Waals surface area contributed by atoms with Gasteiger partial charge in [-0.3, -0.25) is 5.32 Å². The first-order chi connectivity index (χ1) is 8.81. The predicted molar refractivity (Wildman–Crippen MR) is 77.4 cm³/mol. The fourth-order valence-corrected chi connectivity index (χ4v) is 1.57. The number of benzene rings is 1. The largest absolute Gasteiger partial charge is 0.444 e. The summed E-state index contributed by atoms with van der Waals surface area (Å²) in [5.74, 6) is 0. The molecule has 0 aromatic heterocycles. The minimum Gasteiger partial charge on any atom is -0.444 e. The Hall–Kier alpha value is -1.52. The Labute approximate surface area is 118 Å². The van der Waals surface area contributed by atoms with Gasteiger partial charge in [-0.1, -0.05) is 29.8 Å². The molecule has 104 valence electrons. The Morgan fingerprint density at radius 3 is 2.68 bits per heavy atom. The Kier molecular flexibility index (Phi) is 5.39. The van der Waals surface area contributed by atoms with Crippen LogP contribution in [0.25, 0.3) is 6.08 Å². The maximum Gasteiger partial charge on any atom is 0.412 e. The molecule has 4 nitrogen and oxygen atoms in total. The third-order valence-electron chi connectivity index (χ3n) is 2.04. The summed E-state index contributed by atoms with van der Waals surface area (Å²) in [6, 6.07) is 5.16. The summed E-state index contributed by atoms with van der Waals surface area (Å²) in [7, 11) is 0. The molecule has 0 aliphatic carbocycles. The van der Waals surface area contributed by atoms with Crippen LogP contribution in [0.1, 0.15) is 26.3 Å². The van der Waals surface area contributed by atoms with Gasteiger partial charge in [0.2, 0.25) is 0 Å². The molecular formula is C14H18ClNO3. The molecule has 0 spiro atoms. The first kappa shape index (κ1) is 15.5. The molecule has 0 aliphatic rings. The van der Waals surface area contributed by atoms with Crippen LogP contribution in [0.4, 0.5) is 10.5 Å². The smallest absolute Gasteiger partial charge is 0.412 e. The van der Waals surface area contributed by atoms with Crippen molar-refractivity contribution in [3.63, 3.8) is 0 Å². The fraction of sp³-hybridized carbons (Fsp3) is 0.357. The molecular weight excluding hydrogens is 266 g/mol. The third-order valence-corrected chi connectivity index (χ3v) is 2.36. The molecule has 1 rings (SSSR count). The van der Waals surface area contributed by atoms with E-state index in [9.17, 15) is 4.79 Å². The van der Waals surface area contributed by atoms with Crippen molar-refractivity contribution in [1.29, 1.82) is 0 Å². The highest BCUT2D eigenvalue weighted by atomic mass is 35.5. The number of aliphatic hydroxyl groups is 1. The van der Waals surface area contributed by atoms with Gasteiger partial charge in [-0.2, -0.15) is 0 Å². The highest BCUT2D eigenvalue weighted by molar-refractivity contribution is 6.33. The van der Waals surface area contributed by atoms with Crippen LogP contribution in [0.3, 0.4) is 0 Å². The van der Waals surface area contributed by atoms with E-state index < -0.39 is 11.7 Å². The van der Waals surface area contributed by atoms with Crippen molar-refractivity contribution in [2.24, 2.45) is 0 Å². The third kappa shape index (κ3) is 5.77. The van der Waals surface area contributed by atoms with Gasteiger partial charge in [-0.05, 0) is 38.5 Å². The molecule has 0 heterocycles. The maximum absolute atomic E-state index is 11.6. The topological polar surface area (TPSA) is 58.6 Å². The molecule has 1 aromatic rings. The van der Waals surface area contributed by atoms with E-state index in [0.29, 0.717) is 10.7 Å². The Balaban J connectivity index is 2.75. The van der Waals surface area contributed by atoms with Crippen LogP contribution in [-0.4, -0.2) is 23.4 Å². The maximum atomic E-state index is 11.6. The number of carbonyl (C=O) groups is 1. The second kappa shape index (κ2) is 6.59. The van der Waals surface area contributed by atoms with Gasteiger partial charge < -0.3 is 9.84 Å². The van der Waals surface area contributed by atoms with E-state index in [0.717, 1.165) is 5.56 Å². The van der Waals surface area contributed by atoms with Crippen molar-refractivity contribution < 1.29 is 14.6 Å². The number of aliphatic hydroxyl groups excluding tert-OH is 1. The summed E-state index contributed by atoms with van der Waals surface area (Å²) >= 11 is 6.06. The number of halogens is 1. The SMILES string of the molecule is CC(C)(C)OC(=O)Nc1ccc(/C=C/CO)cc1Cl. The zero-order chi connectivity index (χ0) is 14.5. The van der Waals surface area contributed by atoms with Crippen molar-refractivity contribution in [2.75, 3.05) is 11.9 Å². The van der Waals surface area contributed by atoms with Crippen molar-refractivity contribution in [3.8, 4) is 0 Å². The zero-order valence-electron chi connectivity index (χ0n) is 11.2. The first-order valence-electron chi connectivity index (χ1n) is 5.89. The molecule has 0 atom stereocenters. The molecule has 0 radical (unpaired) electrons. The van der Waals surface area contributed by atoms with Crippen molar-refractivity contribution >= 4 is 29.5 Å². The van der Waals surface area contributed by atoms with Crippen molar-refractivity contribution in [3.05, 3.63) is 34.9 Å². The van der Waals surface area contributed by atoms with Crippen molar-refractivity contribution in [1.82, 2.24) is 0 Å². The van der Waals surface area contributed by atoms with Gasteiger partial charge in [-0.15, -0.1) is 0 Å². The van der Waals surface area contributed by atoms with E-state index in [1.807, 2.05) is 0 Å². The lowest BCUT2D eigenvalue weighted by Gasteiger charge is -2.20. The molecule has 0 fully saturated rings. The monoisotopic (exact) mass is 283 g/mol. The minimum atomic E-state index is -0.555. The Morgan fingerprint density at radius 1 is 1.47 bits per heavy atom. The average Bonchev–Trinajstić information content (AvgIpc) is 2.27. The summed E-state index contributed by atoms with van der Waals surface area (Å²) in [6.07, 6.45) is 2.79. The molecule has 0 unspecified atom stereocenters. The normalized spacial score (nSPS) is 11.6. The molecule has 1 aromatic carbocycles. The first-order valence-corrected chi connectivity index (χ1v) is 6.26. The average molecular weight is 284 g/mol. The van der Waals surface area contributed by atoms with Crippen LogP contribution in [-0.2, 0) is 4.74 Å². The van der Waals surface area contributed by atoms with Crippen molar-refractivity contribution in [2.45, 2.75) is 26.4 Å². The van der Waals surface area contributed by atoms with Crippen LogP contribution >= 0.6 is 11.6 Å². The van der Waals surface area contributed by atoms with Crippen LogP contribution < -0.4 is 5.32 Å². The molecule has 19 heavy (non-hydrogen) atoms. The number of anilines is 1. The predicted octanol–water partition coefficient (Wildman–Crippen LogP) is 3.69. The second-order valence-corrected chi connectivity index (χ2v) is 5.36. The lowest BCUT2D eigenvalue weighted by molar-refractivity contribution is 0.0636. The number of rotatable bonds is 3. The van der Waals surface area contributed by atoms with E-state index in [2.05, 4.69) is 5.32 Å². The molecule has 2 N–H and O–H groups in total. The summed E-state index contributed by atoms with van der Waals surface area (Å²) in [5.41, 5.74) is 0.770. The number of nitrogens with one attached hydrogen (secondary N) is 1.